The molecule has 0 fully saturated rings. The Bertz CT molecular complexity index is 2070. The maximum absolute atomic E-state index is 12.2. The molecular weight excluding hydrogens is 801 g/mol. The fourth-order valence-corrected chi connectivity index (χ4v) is 10.3. The van der Waals surface area contributed by atoms with Crippen LogP contribution < -0.4 is 18.9 Å². The topological polar surface area (TPSA) is 118 Å². The molecular formula is C56H80O8. The van der Waals surface area contributed by atoms with Crippen molar-refractivity contribution in [3.05, 3.63) is 93.0 Å². The van der Waals surface area contributed by atoms with Gasteiger partial charge in [0, 0.05) is 92.4 Å². The summed E-state index contributed by atoms with van der Waals surface area (Å²) >= 11 is 0. The molecule has 1 aliphatic rings. The van der Waals surface area contributed by atoms with Crippen molar-refractivity contribution in [2.75, 3.05) is 28.4 Å². The van der Waals surface area contributed by atoms with Crippen LogP contribution >= 0.6 is 0 Å². The summed E-state index contributed by atoms with van der Waals surface area (Å²) in [6, 6.07) is 15.5. The summed E-state index contributed by atoms with van der Waals surface area (Å²) in [5.74, 6) is 1.59. The van der Waals surface area contributed by atoms with E-state index >= 15 is 0 Å². The van der Waals surface area contributed by atoms with E-state index < -0.39 is 0 Å². The number of phenolic OH excluding ortho intramolecular Hbond substituents is 4. The van der Waals surface area contributed by atoms with Gasteiger partial charge in [0.15, 0.2) is 0 Å². The van der Waals surface area contributed by atoms with E-state index in [1.54, 1.807) is 52.7 Å². The average Bonchev–Trinajstić information content (AvgIpc) is 3.30. The number of ether oxygens (including phenoxy) is 4. The number of fused-ring (bicyclic) bond motifs is 8. The van der Waals surface area contributed by atoms with E-state index in [4.69, 9.17) is 18.9 Å². The summed E-state index contributed by atoms with van der Waals surface area (Å²) in [6.07, 6.45) is 19.6. The standard InChI is InChI=1S/C56H80O8/c1-9-13-17-21-25-37-41-29-45(53(61-5)33-49(41)57)38(26-22-18-14-10-2)43-31-46(54(62-6)35-51(43)59)39(27-23-19-15-11-3)44-32-48(56(64-8)36-52(44)60)40(28-24-20-16-12-4)47-30-42(37)50(58)34-55(47)63-7/h29-40,57-60H,9-28H2,1-8H3. The van der Waals surface area contributed by atoms with Gasteiger partial charge in [-0.15, -0.1) is 0 Å². The van der Waals surface area contributed by atoms with Crippen LogP contribution in [0.5, 0.6) is 46.0 Å². The Balaban J connectivity index is 1.96. The summed E-state index contributed by atoms with van der Waals surface area (Å²) in [5, 5.41) is 48.6. The molecule has 5 rings (SSSR count). The third-order valence-electron chi connectivity index (χ3n) is 13.9. The molecule has 8 bridgehead atoms. The summed E-state index contributed by atoms with van der Waals surface area (Å²) in [5.41, 5.74) is 6.62. The van der Waals surface area contributed by atoms with Crippen LogP contribution in [0, 0.1) is 0 Å². The highest BCUT2D eigenvalue weighted by atomic mass is 16.5. The maximum Gasteiger partial charge on any atom is 0.126 e. The van der Waals surface area contributed by atoms with E-state index in [-0.39, 0.29) is 46.7 Å². The minimum atomic E-state index is -0.370. The molecule has 0 saturated carbocycles. The number of hydrogen-bond donors (Lipinski definition) is 4. The van der Waals surface area contributed by atoms with Crippen molar-refractivity contribution in [2.45, 2.75) is 180 Å². The van der Waals surface area contributed by atoms with Crippen molar-refractivity contribution in [1.29, 1.82) is 0 Å². The zero-order valence-electron chi connectivity index (χ0n) is 40.5. The lowest BCUT2D eigenvalue weighted by molar-refractivity contribution is 0.385. The van der Waals surface area contributed by atoms with Gasteiger partial charge < -0.3 is 39.4 Å². The van der Waals surface area contributed by atoms with Gasteiger partial charge in [-0.3, -0.25) is 0 Å². The predicted molar refractivity (Wildman–Crippen MR) is 261 cm³/mol. The number of unbranched alkanes of at least 4 members (excludes halogenated alkanes) is 12. The van der Waals surface area contributed by atoms with E-state index in [0.29, 0.717) is 29.4 Å². The Morgan fingerprint density at radius 2 is 0.500 bits per heavy atom. The van der Waals surface area contributed by atoms with Gasteiger partial charge in [-0.25, -0.2) is 0 Å². The number of rotatable bonds is 24. The Kier molecular flexibility index (Phi) is 19.7. The van der Waals surface area contributed by atoms with Crippen LogP contribution in [-0.2, 0) is 0 Å². The molecule has 4 aromatic carbocycles. The molecule has 4 N–H and O–H groups in total. The first-order chi connectivity index (χ1) is 31.1. The predicted octanol–water partition coefficient (Wildman–Crippen LogP) is 15.3. The quantitative estimate of drug-likeness (QED) is 0.0514. The third kappa shape index (κ3) is 11.9. The van der Waals surface area contributed by atoms with Gasteiger partial charge >= 0.3 is 0 Å². The first-order valence-corrected chi connectivity index (χ1v) is 24.7. The van der Waals surface area contributed by atoms with E-state index in [9.17, 15) is 20.4 Å². The first kappa shape index (κ1) is 50.3. The lowest BCUT2D eigenvalue weighted by Gasteiger charge is -2.30. The second-order valence-electron chi connectivity index (χ2n) is 18.2. The highest BCUT2D eigenvalue weighted by molar-refractivity contribution is 5.62. The maximum atomic E-state index is 12.2. The fourth-order valence-electron chi connectivity index (χ4n) is 10.3. The summed E-state index contributed by atoms with van der Waals surface area (Å²) in [7, 11) is 6.60. The van der Waals surface area contributed by atoms with Crippen LogP contribution in [0.2, 0.25) is 0 Å². The molecule has 1 aliphatic carbocycles. The van der Waals surface area contributed by atoms with Crippen LogP contribution in [0.3, 0.4) is 0 Å². The second-order valence-corrected chi connectivity index (χ2v) is 18.2. The minimum Gasteiger partial charge on any atom is -0.508 e. The van der Waals surface area contributed by atoms with Crippen LogP contribution in [0.1, 0.15) is 224 Å². The molecule has 0 saturated heterocycles. The highest BCUT2D eigenvalue weighted by Gasteiger charge is 2.34. The van der Waals surface area contributed by atoms with E-state index in [1.165, 1.54) is 0 Å². The molecule has 0 heterocycles. The molecule has 0 aromatic heterocycles. The Morgan fingerprint density at radius 1 is 0.297 bits per heavy atom. The number of phenols is 4. The Morgan fingerprint density at radius 3 is 0.703 bits per heavy atom. The van der Waals surface area contributed by atoms with Crippen molar-refractivity contribution in [2.24, 2.45) is 0 Å². The summed E-state index contributed by atoms with van der Waals surface area (Å²) in [4.78, 5) is 0. The van der Waals surface area contributed by atoms with Gasteiger partial charge in [0.2, 0.25) is 0 Å². The average molecular weight is 881 g/mol. The molecule has 0 aliphatic heterocycles. The van der Waals surface area contributed by atoms with Gasteiger partial charge in [-0.2, -0.15) is 0 Å². The van der Waals surface area contributed by atoms with Gasteiger partial charge in [-0.1, -0.05) is 130 Å². The normalized spacial score (nSPS) is 17.0. The molecule has 352 valence electrons. The van der Waals surface area contributed by atoms with Gasteiger partial charge in [0.05, 0.1) is 28.4 Å². The first-order valence-electron chi connectivity index (χ1n) is 24.7. The molecule has 4 aromatic rings. The molecule has 0 spiro atoms. The van der Waals surface area contributed by atoms with Gasteiger partial charge in [-0.05, 0) is 49.9 Å². The van der Waals surface area contributed by atoms with Crippen LogP contribution in [0.15, 0.2) is 48.5 Å². The van der Waals surface area contributed by atoms with Crippen LogP contribution in [0.25, 0.3) is 0 Å². The summed E-state index contributed by atoms with van der Waals surface area (Å²) < 4.78 is 24.6. The van der Waals surface area contributed by atoms with Crippen molar-refractivity contribution in [1.82, 2.24) is 0 Å². The molecule has 0 amide bonds. The van der Waals surface area contributed by atoms with Crippen LogP contribution in [-0.4, -0.2) is 48.9 Å². The fraction of sp³-hybridized carbons (Fsp3) is 0.571. The summed E-state index contributed by atoms with van der Waals surface area (Å²) in [6.45, 7) is 8.84. The van der Waals surface area contributed by atoms with E-state index in [0.717, 1.165) is 167 Å². The minimum absolute atomic E-state index is 0.108. The molecule has 64 heavy (non-hydrogen) atoms. The second kappa shape index (κ2) is 25.1. The van der Waals surface area contributed by atoms with Crippen molar-refractivity contribution >= 4 is 0 Å². The Hall–Kier alpha value is -4.72. The molecule has 4 atom stereocenters. The molecule has 8 nitrogen and oxygen atoms in total. The number of hydrogen-bond acceptors (Lipinski definition) is 8. The zero-order valence-corrected chi connectivity index (χ0v) is 40.5. The highest BCUT2D eigenvalue weighted by Crippen LogP contribution is 2.53. The zero-order chi connectivity index (χ0) is 46.2. The van der Waals surface area contributed by atoms with Crippen molar-refractivity contribution in [3.8, 4) is 46.0 Å². The van der Waals surface area contributed by atoms with E-state index in [1.807, 2.05) is 0 Å². The lowest BCUT2D eigenvalue weighted by Crippen LogP contribution is -2.13. The van der Waals surface area contributed by atoms with E-state index in [2.05, 4.69) is 52.0 Å². The van der Waals surface area contributed by atoms with Crippen molar-refractivity contribution in [3.63, 3.8) is 0 Å². The smallest absolute Gasteiger partial charge is 0.126 e. The number of aromatic hydroxyl groups is 4. The monoisotopic (exact) mass is 881 g/mol. The molecule has 8 heteroatoms. The van der Waals surface area contributed by atoms with Gasteiger partial charge in [0.1, 0.15) is 46.0 Å². The SMILES string of the molecule is CCCCCCC1c2cc(c(OC)cc2O)C(CCCCCC)c2cc(c(OC)cc2O)C(CCCCCC)c2cc(c(OC)cc2O)C(CCCCCC)c2cc1c(O)cc2OC. The molecule has 4 unspecified atom stereocenters. The third-order valence-corrected chi connectivity index (χ3v) is 13.9. The number of methoxy groups -OCH3 is 4. The number of benzene rings is 4. The largest absolute Gasteiger partial charge is 0.508 e. The van der Waals surface area contributed by atoms with Crippen molar-refractivity contribution < 1.29 is 39.4 Å². The van der Waals surface area contributed by atoms with Gasteiger partial charge in [0.25, 0.3) is 0 Å². The lowest BCUT2D eigenvalue weighted by atomic mass is 9.76. The van der Waals surface area contributed by atoms with Crippen LogP contribution in [0.4, 0.5) is 0 Å². The Labute approximate surface area is 385 Å². The molecule has 0 radical (unpaired) electrons.